The summed E-state index contributed by atoms with van der Waals surface area (Å²) in [6.07, 6.45) is 15.5. The van der Waals surface area contributed by atoms with E-state index in [1.165, 1.54) is 37.7 Å². The highest BCUT2D eigenvalue weighted by molar-refractivity contribution is 5.34. The fourth-order valence-corrected chi connectivity index (χ4v) is 5.30. The molecular weight excluding hydrogens is 280 g/mol. The molecule has 3 aliphatic rings. The Labute approximate surface area is 142 Å². The van der Waals surface area contributed by atoms with Crippen LogP contribution in [0.1, 0.15) is 72.6 Å². The molecule has 0 heterocycles. The van der Waals surface area contributed by atoms with E-state index in [4.69, 9.17) is 0 Å². The average molecular weight is 315 g/mol. The quantitative estimate of drug-likeness (QED) is 0.637. The zero-order valence-electron chi connectivity index (χ0n) is 15.4. The Hall–Kier alpha value is -0.820. The molecule has 0 amide bonds. The molecule has 128 valence electrons. The fraction of sp³-hybridized carbons (Fsp3) is 0.727. The molecule has 1 N–H and O–H groups in total. The van der Waals surface area contributed by atoms with Crippen molar-refractivity contribution in [1.82, 2.24) is 0 Å². The Bertz CT molecular complexity index is 536. The molecule has 0 aromatic rings. The van der Waals surface area contributed by atoms with Gasteiger partial charge in [-0.05, 0) is 68.1 Å². The number of fused-ring (bicyclic) bond motifs is 1. The van der Waals surface area contributed by atoms with Crippen LogP contribution in [-0.2, 0) is 0 Å². The van der Waals surface area contributed by atoms with Gasteiger partial charge in [-0.15, -0.1) is 0 Å². The van der Waals surface area contributed by atoms with Crippen molar-refractivity contribution in [2.75, 3.05) is 0 Å². The smallest absolute Gasteiger partial charge is 0.0603 e. The van der Waals surface area contributed by atoms with Gasteiger partial charge in [-0.1, -0.05) is 62.6 Å². The molecule has 0 aliphatic heterocycles. The SMILES string of the molecule is CC(C)C1=CCC2/C(=C/C=C3/CCC(C)C(O)C3)CCCC12C. The molecule has 3 aliphatic carbocycles. The predicted molar refractivity (Wildman–Crippen MR) is 98.2 cm³/mol. The van der Waals surface area contributed by atoms with Gasteiger partial charge in [-0.25, -0.2) is 0 Å². The monoisotopic (exact) mass is 314 g/mol. The molecule has 0 aromatic carbocycles. The molecule has 4 unspecified atom stereocenters. The third kappa shape index (κ3) is 3.22. The molecule has 1 nitrogen and oxygen atoms in total. The molecule has 0 aromatic heterocycles. The Kier molecular flexibility index (Phi) is 4.88. The first-order valence-corrected chi connectivity index (χ1v) is 9.69. The lowest BCUT2D eigenvalue weighted by molar-refractivity contribution is 0.0979. The van der Waals surface area contributed by atoms with Crippen molar-refractivity contribution in [3.63, 3.8) is 0 Å². The number of hydrogen-bond donors (Lipinski definition) is 1. The Balaban J connectivity index is 1.76. The second-order valence-corrected chi connectivity index (χ2v) is 8.73. The minimum absolute atomic E-state index is 0.134. The Morgan fingerprint density at radius 3 is 2.74 bits per heavy atom. The van der Waals surface area contributed by atoms with Crippen LogP contribution in [0.3, 0.4) is 0 Å². The third-order valence-electron chi connectivity index (χ3n) is 6.82. The van der Waals surface area contributed by atoms with Crippen LogP contribution in [0.5, 0.6) is 0 Å². The van der Waals surface area contributed by atoms with Crippen molar-refractivity contribution < 1.29 is 5.11 Å². The van der Waals surface area contributed by atoms with E-state index in [0.29, 0.717) is 17.3 Å². The molecule has 0 radical (unpaired) electrons. The Morgan fingerprint density at radius 2 is 2.04 bits per heavy atom. The lowest BCUT2D eigenvalue weighted by Crippen LogP contribution is -2.32. The van der Waals surface area contributed by atoms with Gasteiger partial charge in [-0.3, -0.25) is 0 Å². The summed E-state index contributed by atoms with van der Waals surface area (Å²) in [7, 11) is 0. The van der Waals surface area contributed by atoms with Crippen molar-refractivity contribution in [3.8, 4) is 0 Å². The van der Waals surface area contributed by atoms with Crippen LogP contribution < -0.4 is 0 Å². The average Bonchev–Trinajstić information content (AvgIpc) is 2.86. The summed E-state index contributed by atoms with van der Waals surface area (Å²) >= 11 is 0. The molecule has 0 saturated heterocycles. The molecule has 0 bridgehead atoms. The summed E-state index contributed by atoms with van der Waals surface area (Å²) in [5, 5.41) is 10.1. The number of aliphatic hydroxyl groups is 1. The van der Waals surface area contributed by atoms with E-state index in [1.807, 2.05) is 0 Å². The van der Waals surface area contributed by atoms with Gasteiger partial charge in [0.15, 0.2) is 0 Å². The molecule has 4 atom stereocenters. The summed E-state index contributed by atoms with van der Waals surface area (Å²) in [4.78, 5) is 0. The van der Waals surface area contributed by atoms with Gasteiger partial charge in [0, 0.05) is 0 Å². The summed E-state index contributed by atoms with van der Waals surface area (Å²) in [6.45, 7) is 9.38. The van der Waals surface area contributed by atoms with Gasteiger partial charge in [0.1, 0.15) is 0 Å². The maximum Gasteiger partial charge on any atom is 0.0603 e. The molecule has 2 saturated carbocycles. The van der Waals surface area contributed by atoms with E-state index in [0.717, 1.165) is 18.8 Å². The minimum Gasteiger partial charge on any atom is -0.393 e. The highest BCUT2D eigenvalue weighted by Crippen LogP contribution is 2.56. The highest BCUT2D eigenvalue weighted by Gasteiger charge is 2.45. The lowest BCUT2D eigenvalue weighted by atomic mass is 9.62. The van der Waals surface area contributed by atoms with Gasteiger partial charge in [0.25, 0.3) is 0 Å². The maximum absolute atomic E-state index is 10.1. The number of rotatable bonds is 2. The third-order valence-corrected chi connectivity index (χ3v) is 6.82. The standard InChI is InChI=1S/C22H34O/c1-15(2)19-11-12-20-18(6-5-13-22(19,20)4)10-9-17-8-7-16(3)21(23)14-17/h9-11,15-16,20-21,23H,5-8,12-14H2,1-4H3/b17-9-,18-10+. The van der Waals surface area contributed by atoms with Crippen molar-refractivity contribution in [2.45, 2.75) is 78.7 Å². The Morgan fingerprint density at radius 1 is 1.26 bits per heavy atom. The van der Waals surface area contributed by atoms with Crippen LogP contribution in [0.25, 0.3) is 0 Å². The molecule has 0 spiro atoms. The van der Waals surface area contributed by atoms with E-state index in [-0.39, 0.29) is 6.10 Å². The molecular formula is C22H34O. The van der Waals surface area contributed by atoms with E-state index in [1.54, 1.807) is 11.1 Å². The second kappa shape index (κ2) is 6.59. The van der Waals surface area contributed by atoms with E-state index < -0.39 is 0 Å². The van der Waals surface area contributed by atoms with Crippen LogP contribution in [0.2, 0.25) is 0 Å². The van der Waals surface area contributed by atoms with Crippen LogP contribution in [0, 0.1) is 23.2 Å². The van der Waals surface area contributed by atoms with Crippen molar-refractivity contribution in [2.24, 2.45) is 23.2 Å². The fourth-order valence-electron chi connectivity index (χ4n) is 5.30. The van der Waals surface area contributed by atoms with Crippen molar-refractivity contribution in [3.05, 3.63) is 34.9 Å². The van der Waals surface area contributed by atoms with E-state index in [9.17, 15) is 5.11 Å². The van der Waals surface area contributed by atoms with Gasteiger partial charge < -0.3 is 5.11 Å². The van der Waals surface area contributed by atoms with Gasteiger partial charge in [0.05, 0.1) is 6.10 Å². The highest BCUT2D eigenvalue weighted by atomic mass is 16.3. The van der Waals surface area contributed by atoms with Crippen LogP contribution in [-0.4, -0.2) is 11.2 Å². The summed E-state index contributed by atoms with van der Waals surface area (Å²) in [6, 6.07) is 0. The summed E-state index contributed by atoms with van der Waals surface area (Å²) in [5.41, 5.74) is 5.21. The van der Waals surface area contributed by atoms with Crippen molar-refractivity contribution in [1.29, 1.82) is 0 Å². The van der Waals surface area contributed by atoms with E-state index >= 15 is 0 Å². The zero-order valence-corrected chi connectivity index (χ0v) is 15.4. The first-order valence-electron chi connectivity index (χ1n) is 9.69. The largest absolute Gasteiger partial charge is 0.393 e. The minimum atomic E-state index is -0.134. The number of allylic oxidation sites excluding steroid dienone is 5. The molecule has 23 heavy (non-hydrogen) atoms. The predicted octanol–water partition coefficient (Wildman–Crippen LogP) is 5.81. The van der Waals surface area contributed by atoms with Crippen LogP contribution in [0.15, 0.2) is 34.9 Å². The maximum atomic E-state index is 10.1. The number of hydrogen-bond acceptors (Lipinski definition) is 1. The first-order chi connectivity index (χ1) is 10.9. The second-order valence-electron chi connectivity index (χ2n) is 8.73. The number of aliphatic hydroxyl groups excluding tert-OH is 1. The molecule has 2 fully saturated rings. The topological polar surface area (TPSA) is 20.2 Å². The van der Waals surface area contributed by atoms with Gasteiger partial charge >= 0.3 is 0 Å². The van der Waals surface area contributed by atoms with Crippen LogP contribution in [0.4, 0.5) is 0 Å². The molecule has 3 rings (SSSR count). The first kappa shape index (κ1) is 17.0. The van der Waals surface area contributed by atoms with Gasteiger partial charge in [0.2, 0.25) is 0 Å². The van der Waals surface area contributed by atoms with Gasteiger partial charge in [-0.2, -0.15) is 0 Å². The summed E-state index contributed by atoms with van der Waals surface area (Å²) in [5.74, 6) is 1.86. The zero-order chi connectivity index (χ0) is 16.6. The normalized spacial score (nSPS) is 41.5. The van der Waals surface area contributed by atoms with E-state index in [2.05, 4.69) is 45.9 Å². The summed E-state index contributed by atoms with van der Waals surface area (Å²) < 4.78 is 0. The van der Waals surface area contributed by atoms with Crippen LogP contribution >= 0.6 is 0 Å². The van der Waals surface area contributed by atoms with Crippen molar-refractivity contribution >= 4 is 0 Å². The lowest BCUT2D eigenvalue weighted by Gasteiger charge is -2.42. The molecule has 1 heteroatoms.